The lowest BCUT2D eigenvalue weighted by atomic mass is 10.0. The Hall–Kier alpha value is -2.39. The second kappa shape index (κ2) is 8.39. The fourth-order valence-electron chi connectivity index (χ4n) is 4.08. The highest BCUT2D eigenvalue weighted by Crippen LogP contribution is 2.36. The molecule has 1 aliphatic carbocycles. The zero-order chi connectivity index (χ0) is 21.4. The van der Waals surface area contributed by atoms with Gasteiger partial charge in [-0.15, -0.1) is 11.3 Å². The van der Waals surface area contributed by atoms with Gasteiger partial charge in [-0.05, 0) is 29.7 Å². The molecular weight excluding hydrogens is 426 g/mol. The smallest absolute Gasteiger partial charge is 0.268 e. The molecule has 0 unspecified atom stereocenters. The number of amides is 2. The Balaban J connectivity index is 1.59. The molecule has 158 valence electrons. The van der Waals surface area contributed by atoms with Crippen molar-refractivity contribution >= 4 is 45.0 Å². The predicted molar refractivity (Wildman–Crippen MR) is 116 cm³/mol. The second-order valence-electron chi connectivity index (χ2n) is 7.46. The van der Waals surface area contributed by atoms with Crippen molar-refractivity contribution in [2.75, 3.05) is 20.3 Å². The first-order chi connectivity index (χ1) is 14.4. The number of hydrogen-bond acceptors (Lipinski definition) is 5. The number of likely N-dealkylation sites (N-methyl/N-ethyl adjacent to an activating group) is 1. The molecule has 1 aromatic carbocycles. The van der Waals surface area contributed by atoms with E-state index in [1.54, 1.807) is 19.2 Å². The molecule has 0 bridgehead atoms. The Morgan fingerprint density at radius 1 is 1.30 bits per heavy atom. The quantitative estimate of drug-likeness (QED) is 0.465. The van der Waals surface area contributed by atoms with Crippen molar-refractivity contribution in [3.8, 4) is 0 Å². The van der Waals surface area contributed by atoms with E-state index in [2.05, 4.69) is 10.3 Å². The molecule has 0 aliphatic heterocycles. The summed E-state index contributed by atoms with van der Waals surface area (Å²) in [7, 11) is 1.64. The minimum atomic E-state index is -0.890. The Labute approximate surface area is 182 Å². The lowest BCUT2D eigenvalue weighted by Gasteiger charge is -2.32. The summed E-state index contributed by atoms with van der Waals surface area (Å²) in [4.78, 5) is 31.2. The molecule has 2 aromatic heterocycles. The molecule has 2 heterocycles. The first-order valence-corrected chi connectivity index (χ1v) is 10.8. The van der Waals surface area contributed by atoms with Crippen molar-refractivity contribution in [1.29, 1.82) is 0 Å². The van der Waals surface area contributed by atoms with Crippen LogP contribution in [0.1, 0.15) is 27.7 Å². The highest BCUT2D eigenvalue weighted by molar-refractivity contribution is 7.22. The SMILES string of the molecule is CN(C(=O)C(CO)CO)[C@H]1c2ccccc2C[C@H]1NC(=O)c1cc2cc(Cl)sc2[nH]1. The van der Waals surface area contributed by atoms with Gasteiger partial charge in [-0.1, -0.05) is 35.9 Å². The van der Waals surface area contributed by atoms with E-state index in [1.807, 2.05) is 24.3 Å². The van der Waals surface area contributed by atoms with Crippen LogP contribution in [-0.2, 0) is 11.2 Å². The van der Waals surface area contributed by atoms with Crippen LogP contribution in [0, 0.1) is 5.92 Å². The van der Waals surface area contributed by atoms with Gasteiger partial charge in [-0.3, -0.25) is 9.59 Å². The summed E-state index contributed by atoms with van der Waals surface area (Å²) in [6.07, 6.45) is 0.577. The maximum Gasteiger partial charge on any atom is 0.268 e. The van der Waals surface area contributed by atoms with E-state index < -0.39 is 25.2 Å². The van der Waals surface area contributed by atoms with E-state index in [0.29, 0.717) is 16.5 Å². The molecule has 9 heteroatoms. The number of halogens is 1. The maximum atomic E-state index is 12.9. The Kier molecular flexibility index (Phi) is 5.84. The number of hydrogen-bond donors (Lipinski definition) is 4. The minimum absolute atomic E-state index is 0.265. The number of aliphatic hydroxyl groups is 2. The fourth-order valence-corrected chi connectivity index (χ4v) is 5.21. The third-order valence-corrected chi connectivity index (χ3v) is 6.78. The Morgan fingerprint density at radius 3 is 2.73 bits per heavy atom. The average molecular weight is 448 g/mol. The number of aliphatic hydroxyl groups excluding tert-OH is 2. The zero-order valence-electron chi connectivity index (χ0n) is 16.3. The molecule has 2 amide bonds. The van der Waals surface area contributed by atoms with Gasteiger partial charge in [0.25, 0.3) is 5.91 Å². The average Bonchev–Trinajstić information content (AvgIpc) is 3.38. The minimum Gasteiger partial charge on any atom is -0.395 e. The fraction of sp³-hybridized carbons (Fsp3) is 0.333. The van der Waals surface area contributed by atoms with E-state index >= 15 is 0 Å². The summed E-state index contributed by atoms with van der Waals surface area (Å²) in [5.74, 6) is -1.52. The lowest BCUT2D eigenvalue weighted by Crippen LogP contribution is -2.47. The summed E-state index contributed by atoms with van der Waals surface area (Å²) >= 11 is 7.37. The monoisotopic (exact) mass is 447 g/mol. The number of H-pyrrole nitrogens is 1. The molecule has 0 radical (unpaired) electrons. The maximum absolute atomic E-state index is 12.9. The van der Waals surface area contributed by atoms with E-state index in [-0.39, 0.29) is 17.9 Å². The second-order valence-corrected chi connectivity index (χ2v) is 9.14. The lowest BCUT2D eigenvalue weighted by molar-refractivity contribution is -0.139. The normalized spacial score (nSPS) is 18.0. The van der Waals surface area contributed by atoms with Crippen LogP contribution in [0.3, 0.4) is 0 Å². The molecule has 30 heavy (non-hydrogen) atoms. The first-order valence-electron chi connectivity index (χ1n) is 9.58. The van der Waals surface area contributed by atoms with Crippen LogP contribution in [0.25, 0.3) is 10.2 Å². The molecule has 7 nitrogen and oxygen atoms in total. The van der Waals surface area contributed by atoms with Crippen LogP contribution < -0.4 is 5.32 Å². The van der Waals surface area contributed by atoms with Crippen molar-refractivity contribution in [2.45, 2.75) is 18.5 Å². The van der Waals surface area contributed by atoms with Crippen molar-refractivity contribution < 1.29 is 19.8 Å². The molecule has 0 fully saturated rings. The van der Waals surface area contributed by atoms with E-state index in [9.17, 15) is 19.8 Å². The van der Waals surface area contributed by atoms with E-state index in [4.69, 9.17) is 11.6 Å². The van der Waals surface area contributed by atoms with Gasteiger partial charge in [0, 0.05) is 12.4 Å². The van der Waals surface area contributed by atoms with Crippen molar-refractivity contribution in [3.05, 3.63) is 57.6 Å². The van der Waals surface area contributed by atoms with Gasteiger partial charge in [0.1, 0.15) is 10.5 Å². The van der Waals surface area contributed by atoms with Crippen molar-refractivity contribution in [1.82, 2.24) is 15.2 Å². The molecule has 4 N–H and O–H groups in total. The van der Waals surface area contributed by atoms with Gasteiger partial charge in [-0.25, -0.2) is 0 Å². The number of aromatic amines is 1. The number of fused-ring (bicyclic) bond motifs is 2. The number of benzene rings is 1. The van der Waals surface area contributed by atoms with Crippen molar-refractivity contribution in [2.24, 2.45) is 5.92 Å². The topological polar surface area (TPSA) is 106 Å². The number of rotatable bonds is 6. The van der Waals surface area contributed by atoms with Crippen LogP contribution in [0.4, 0.5) is 0 Å². The van der Waals surface area contributed by atoms with Crippen LogP contribution in [0.2, 0.25) is 4.34 Å². The molecule has 0 spiro atoms. The highest BCUT2D eigenvalue weighted by Gasteiger charge is 2.39. The third-order valence-electron chi connectivity index (χ3n) is 5.59. The Morgan fingerprint density at radius 2 is 2.03 bits per heavy atom. The van der Waals surface area contributed by atoms with Gasteiger partial charge in [0.05, 0.1) is 35.6 Å². The molecule has 0 saturated heterocycles. The van der Waals surface area contributed by atoms with Crippen LogP contribution >= 0.6 is 22.9 Å². The summed E-state index contributed by atoms with van der Waals surface area (Å²) < 4.78 is 0.650. The van der Waals surface area contributed by atoms with Gasteiger partial charge < -0.3 is 25.4 Å². The number of aromatic nitrogens is 1. The van der Waals surface area contributed by atoms with Crippen molar-refractivity contribution in [3.63, 3.8) is 0 Å². The molecule has 3 aromatic rings. The number of thiophene rings is 1. The summed E-state index contributed by atoms with van der Waals surface area (Å²) in [6, 6.07) is 10.6. The van der Waals surface area contributed by atoms with E-state index in [1.165, 1.54) is 16.2 Å². The molecule has 1 aliphatic rings. The predicted octanol–water partition coefficient (Wildman–Crippen LogP) is 2.34. The highest BCUT2D eigenvalue weighted by atomic mass is 35.5. The molecule has 0 saturated carbocycles. The van der Waals surface area contributed by atoms with Gasteiger partial charge in [-0.2, -0.15) is 0 Å². The molecule has 2 atom stereocenters. The third kappa shape index (κ3) is 3.72. The van der Waals surface area contributed by atoms with Gasteiger partial charge in [0.2, 0.25) is 5.91 Å². The number of nitrogens with zero attached hydrogens (tertiary/aromatic N) is 1. The van der Waals surface area contributed by atoms with Crippen LogP contribution in [-0.4, -0.2) is 58.2 Å². The molecular formula is C21H22ClN3O4S. The Bertz CT molecular complexity index is 1060. The zero-order valence-corrected chi connectivity index (χ0v) is 17.8. The first kappa shape index (κ1) is 20.9. The van der Waals surface area contributed by atoms with Gasteiger partial charge in [0.15, 0.2) is 0 Å². The van der Waals surface area contributed by atoms with Gasteiger partial charge >= 0.3 is 0 Å². The molecule has 4 rings (SSSR count). The summed E-state index contributed by atoms with van der Waals surface area (Å²) in [5, 5.41) is 22.8. The largest absolute Gasteiger partial charge is 0.395 e. The number of carbonyl (C=O) groups excluding carboxylic acids is 2. The summed E-state index contributed by atoms with van der Waals surface area (Å²) in [6.45, 7) is -0.875. The number of carbonyl (C=O) groups is 2. The standard InChI is InChI=1S/C21H22ClN3O4S/c1-25(21(29)13(9-26)10-27)18-14-5-3-2-4-11(14)6-15(18)23-19(28)16-7-12-8-17(22)30-20(12)24-16/h2-5,7-8,13,15,18,24,26-27H,6,9-10H2,1H3,(H,23,28)/t15-,18+/m1/s1. The van der Waals surface area contributed by atoms with Crippen LogP contribution in [0.5, 0.6) is 0 Å². The van der Waals surface area contributed by atoms with E-state index in [0.717, 1.165) is 21.3 Å². The van der Waals surface area contributed by atoms with Crippen LogP contribution in [0.15, 0.2) is 36.4 Å². The summed E-state index contributed by atoms with van der Waals surface area (Å²) in [5.41, 5.74) is 2.43. The number of nitrogens with one attached hydrogen (secondary N) is 2.